The van der Waals surface area contributed by atoms with Gasteiger partial charge in [-0.15, -0.1) is 0 Å². The van der Waals surface area contributed by atoms with Crippen molar-refractivity contribution in [2.75, 3.05) is 0 Å². The number of benzene rings is 3. The summed E-state index contributed by atoms with van der Waals surface area (Å²) in [5.74, 6) is -5.76. The number of carboxylic acid groups (broad SMARTS) is 2. The first-order chi connectivity index (χ1) is 17.6. The molecule has 0 spiro atoms. The highest BCUT2D eigenvalue weighted by atomic mass is 35.5. The lowest BCUT2D eigenvalue weighted by Gasteiger charge is -2.40. The van der Waals surface area contributed by atoms with Crippen LogP contribution >= 0.6 is 23.2 Å². The highest BCUT2D eigenvalue weighted by Gasteiger charge is 2.45. The molecule has 1 aromatic heterocycles. The number of para-hydroxylation sites is 1. The maximum absolute atomic E-state index is 14.4. The van der Waals surface area contributed by atoms with Gasteiger partial charge in [-0.2, -0.15) is 0 Å². The Hall–Kier alpha value is -3.95. The van der Waals surface area contributed by atoms with Gasteiger partial charge in [0.15, 0.2) is 0 Å². The maximum atomic E-state index is 14.4. The van der Waals surface area contributed by atoms with Gasteiger partial charge in [0.25, 0.3) is 5.91 Å². The molecule has 1 unspecified atom stereocenters. The van der Waals surface area contributed by atoms with Crippen LogP contribution in [0.1, 0.15) is 43.6 Å². The van der Waals surface area contributed by atoms with Gasteiger partial charge >= 0.3 is 11.9 Å². The zero-order valence-electron chi connectivity index (χ0n) is 18.6. The van der Waals surface area contributed by atoms with Crippen molar-refractivity contribution in [2.24, 2.45) is 0 Å². The van der Waals surface area contributed by atoms with Crippen molar-refractivity contribution in [3.05, 3.63) is 104 Å². The Morgan fingerprint density at radius 3 is 2.16 bits per heavy atom. The summed E-state index contributed by atoms with van der Waals surface area (Å²) >= 11 is 12.1. The molecule has 2 heterocycles. The number of carbonyl (C=O) groups is 3. The molecule has 37 heavy (non-hydrogen) atoms. The van der Waals surface area contributed by atoms with E-state index in [0.29, 0.717) is 28.2 Å². The Balaban J connectivity index is 1.81. The lowest BCUT2D eigenvalue weighted by Crippen LogP contribution is -2.51. The summed E-state index contributed by atoms with van der Waals surface area (Å²) in [4.78, 5) is 42.5. The molecule has 0 aliphatic carbocycles. The number of aromatic amines is 1. The number of aromatic carboxylic acids is 1. The Morgan fingerprint density at radius 2 is 1.54 bits per heavy atom. The molecule has 0 saturated carbocycles. The molecule has 1 aliphatic rings. The van der Waals surface area contributed by atoms with E-state index in [1.54, 1.807) is 24.3 Å². The minimum Gasteiger partial charge on any atom is -0.480 e. The first kappa shape index (κ1) is 24.7. The van der Waals surface area contributed by atoms with Crippen LogP contribution in [-0.2, 0) is 11.2 Å². The molecular weight excluding hydrogens is 529 g/mol. The number of halogens is 4. The molecule has 188 valence electrons. The average Bonchev–Trinajstić information content (AvgIpc) is 3.21. The normalized spacial score (nSPS) is 17.0. The SMILES string of the molecule is O=C(O)c1cc(Cl)c(Cl)cc1C(=O)N1C(c2cc(F)cc(F)c2)c2[nH]c3ccccc3c2C[C@@H]1C(=O)O. The quantitative estimate of drug-likeness (QED) is 0.305. The summed E-state index contributed by atoms with van der Waals surface area (Å²) < 4.78 is 28.7. The molecule has 3 N–H and O–H groups in total. The van der Waals surface area contributed by atoms with E-state index in [4.69, 9.17) is 23.2 Å². The summed E-state index contributed by atoms with van der Waals surface area (Å²) in [5, 5.41) is 20.3. The molecule has 2 atom stereocenters. The number of carboxylic acids is 2. The van der Waals surface area contributed by atoms with E-state index in [0.717, 1.165) is 29.2 Å². The van der Waals surface area contributed by atoms with Crippen LogP contribution < -0.4 is 0 Å². The molecule has 0 fully saturated rings. The summed E-state index contributed by atoms with van der Waals surface area (Å²) in [6.45, 7) is 0. The molecule has 5 rings (SSSR count). The lowest BCUT2D eigenvalue weighted by molar-refractivity contribution is -0.143. The Kier molecular flexibility index (Phi) is 6.13. The third kappa shape index (κ3) is 4.20. The topological polar surface area (TPSA) is 111 Å². The summed E-state index contributed by atoms with van der Waals surface area (Å²) in [5.41, 5.74) is 0.586. The van der Waals surface area contributed by atoms with E-state index < -0.39 is 52.7 Å². The van der Waals surface area contributed by atoms with E-state index >= 15 is 0 Å². The van der Waals surface area contributed by atoms with Crippen molar-refractivity contribution in [3.8, 4) is 0 Å². The molecule has 4 aromatic rings. The van der Waals surface area contributed by atoms with Crippen LogP contribution in [-0.4, -0.2) is 44.0 Å². The van der Waals surface area contributed by atoms with Crippen molar-refractivity contribution in [2.45, 2.75) is 18.5 Å². The van der Waals surface area contributed by atoms with Crippen molar-refractivity contribution in [1.82, 2.24) is 9.88 Å². The molecular formula is C26H16Cl2F2N2O5. The Bertz CT molecular complexity index is 1600. The van der Waals surface area contributed by atoms with Crippen LogP contribution in [0.4, 0.5) is 8.78 Å². The Labute approximate surface area is 217 Å². The number of hydrogen-bond acceptors (Lipinski definition) is 3. The van der Waals surface area contributed by atoms with Crippen LogP contribution in [0, 0.1) is 11.6 Å². The van der Waals surface area contributed by atoms with Crippen LogP contribution in [0.5, 0.6) is 0 Å². The predicted molar refractivity (Wildman–Crippen MR) is 131 cm³/mol. The number of carbonyl (C=O) groups excluding carboxylic acids is 1. The average molecular weight is 545 g/mol. The standard InChI is InChI=1S/C26H16Cl2F2N2O5/c27-18-8-16(17(25(34)35)9-19(18)28)24(33)32-21(26(36)37)10-15-14-3-1-2-4-20(14)31-22(15)23(32)11-5-12(29)7-13(30)6-11/h1-9,21,23,31H,10H2,(H,34,35)(H,36,37)/t21-,23?/m1/s1. The number of nitrogens with zero attached hydrogens (tertiary/aromatic N) is 1. The highest BCUT2D eigenvalue weighted by molar-refractivity contribution is 6.42. The largest absolute Gasteiger partial charge is 0.480 e. The summed E-state index contributed by atoms with van der Waals surface area (Å²) in [6, 6.07) is 8.91. The molecule has 0 bridgehead atoms. The monoisotopic (exact) mass is 544 g/mol. The molecule has 11 heteroatoms. The van der Waals surface area contributed by atoms with Crippen LogP contribution in [0.25, 0.3) is 10.9 Å². The molecule has 7 nitrogen and oxygen atoms in total. The van der Waals surface area contributed by atoms with Gasteiger partial charge in [0.1, 0.15) is 17.7 Å². The molecule has 3 aromatic carbocycles. The number of fused-ring (bicyclic) bond motifs is 3. The fourth-order valence-electron chi connectivity index (χ4n) is 4.85. The van der Waals surface area contributed by atoms with Crippen LogP contribution in [0.3, 0.4) is 0 Å². The smallest absolute Gasteiger partial charge is 0.336 e. The molecule has 1 amide bonds. The fraction of sp³-hybridized carbons (Fsp3) is 0.115. The number of aliphatic carboxylic acids is 1. The van der Waals surface area contributed by atoms with Gasteiger partial charge < -0.3 is 20.1 Å². The maximum Gasteiger partial charge on any atom is 0.336 e. The number of amides is 1. The molecule has 1 aliphatic heterocycles. The third-order valence-electron chi connectivity index (χ3n) is 6.37. The second kappa shape index (κ2) is 9.17. The second-order valence-corrected chi connectivity index (χ2v) is 9.37. The zero-order chi connectivity index (χ0) is 26.6. The summed E-state index contributed by atoms with van der Waals surface area (Å²) in [7, 11) is 0. The van der Waals surface area contributed by atoms with Gasteiger partial charge in [-0.25, -0.2) is 18.4 Å². The van der Waals surface area contributed by atoms with Gasteiger partial charge in [0, 0.05) is 29.1 Å². The van der Waals surface area contributed by atoms with E-state index in [1.807, 2.05) is 0 Å². The second-order valence-electron chi connectivity index (χ2n) is 8.56. The Morgan fingerprint density at radius 1 is 0.919 bits per heavy atom. The number of H-pyrrole nitrogens is 1. The number of aromatic nitrogens is 1. The van der Waals surface area contributed by atoms with E-state index in [9.17, 15) is 33.4 Å². The van der Waals surface area contributed by atoms with E-state index in [1.165, 1.54) is 0 Å². The number of nitrogens with one attached hydrogen (secondary N) is 1. The van der Waals surface area contributed by atoms with Crippen LogP contribution in [0.2, 0.25) is 10.0 Å². The predicted octanol–water partition coefficient (Wildman–Crippen LogP) is 5.69. The van der Waals surface area contributed by atoms with Crippen molar-refractivity contribution in [1.29, 1.82) is 0 Å². The third-order valence-corrected chi connectivity index (χ3v) is 7.10. The minimum absolute atomic E-state index is 0.0402. The zero-order valence-corrected chi connectivity index (χ0v) is 20.1. The fourth-order valence-corrected chi connectivity index (χ4v) is 5.18. The number of hydrogen-bond donors (Lipinski definition) is 3. The van der Waals surface area contributed by atoms with E-state index in [2.05, 4.69) is 4.98 Å². The van der Waals surface area contributed by atoms with Gasteiger partial charge in [0.05, 0.1) is 27.2 Å². The molecule has 0 radical (unpaired) electrons. The van der Waals surface area contributed by atoms with Crippen molar-refractivity contribution < 1.29 is 33.4 Å². The summed E-state index contributed by atoms with van der Waals surface area (Å²) in [6.07, 6.45) is -0.140. The lowest BCUT2D eigenvalue weighted by atomic mass is 9.87. The van der Waals surface area contributed by atoms with Crippen molar-refractivity contribution >= 4 is 52.0 Å². The van der Waals surface area contributed by atoms with Gasteiger partial charge in [-0.05, 0) is 41.5 Å². The van der Waals surface area contributed by atoms with Gasteiger partial charge in [-0.3, -0.25) is 4.79 Å². The molecule has 0 saturated heterocycles. The first-order valence-corrected chi connectivity index (χ1v) is 11.7. The highest BCUT2D eigenvalue weighted by Crippen LogP contribution is 2.42. The number of rotatable bonds is 4. The van der Waals surface area contributed by atoms with Crippen molar-refractivity contribution in [3.63, 3.8) is 0 Å². The van der Waals surface area contributed by atoms with Crippen LogP contribution in [0.15, 0.2) is 54.6 Å². The van der Waals surface area contributed by atoms with Gasteiger partial charge in [0.2, 0.25) is 0 Å². The van der Waals surface area contributed by atoms with E-state index in [-0.39, 0.29) is 22.0 Å². The first-order valence-electron chi connectivity index (χ1n) is 10.9. The van der Waals surface area contributed by atoms with Gasteiger partial charge in [-0.1, -0.05) is 41.4 Å². The minimum atomic E-state index is -1.51.